The highest BCUT2D eigenvalue weighted by Crippen LogP contribution is 2.42. The molecule has 166 valence electrons. The summed E-state index contributed by atoms with van der Waals surface area (Å²) in [6, 6.07) is 28.2. The van der Waals surface area contributed by atoms with Gasteiger partial charge in [-0.15, -0.1) is 0 Å². The van der Waals surface area contributed by atoms with E-state index in [4.69, 9.17) is 0 Å². The molecular formula is C29H27NO2S. The number of rotatable bonds is 4. The molecule has 0 aromatic heterocycles. The fraction of sp³-hybridized carbons (Fsp3) is 0.172. The van der Waals surface area contributed by atoms with E-state index in [9.17, 15) is 8.42 Å². The van der Waals surface area contributed by atoms with Crippen LogP contribution in [0.4, 0.5) is 0 Å². The van der Waals surface area contributed by atoms with Crippen molar-refractivity contribution in [2.45, 2.75) is 23.7 Å². The van der Waals surface area contributed by atoms with Crippen molar-refractivity contribution in [3.63, 3.8) is 0 Å². The molecule has 5 rings (SSSR count). The zero-order valence-electron chi connectivity index (χ0n) is 18.6. The number of aryl methyl sites for hydroxylation is 1. The fourth-order valence-corrected chi connectivity index (χ4v) is 6.13. The van der Waals surface area contributed by atoms with Crippen molar-refractivity contribution < 1.29 is 8.42 Å². The molecule has 2 aliphatic rings. The van der Waals surface area contributed by atoms with Crippen LogP contribution in [0.3, 0.4) is 0 Å². The van der Waals surface area contributed by atoms with Crippen molar-refractivity contribution in [3.8, 4) is 0 Å². The Balaban J connectivity index is 1.58. The molecule has 3 aromatic carbocycles. The lowest BCUT2D eigenvalue weighted by Gasteiger charge is -2.33. The molecule has 0 fully saturated rings. The number of nitrogens with zero attached hydrogens (tertiary/aromatic N) is 1. The Morgan fingerprint density at radius 3 is 2.06 bits per heavy atom. The molecular weight excluding hydrogens is 426 g/mol. The van der Waals surface area contributed by atoms with Gasteiger partial charge in [0.15, 0.2) is 0 Å². The van der Waals surface area contributed by atoms with Crippen LogP contribution < -0.4 is 0 Å². The van der Waals surface area contributed by atoms with Gasteiger partial charge in [0, 0.05) is 24.1 Å². The number of fused-ring (bicyclic) bond motifs is 1. The minimum absolute atomic E-state index is 0.00419. The van der Waals surface area contributed by atoms with Crippen LogP contribution in [-0.4, -0.2) is 19.3 Å². The molecule has 3 aromatic rings. The van der Waals surface area contributed by atoms with E-state index in [1.54, 1.807) is 18.3 Å². The quantitative estimate of drug-likeness (QED) is 0.454. The SMILES string of the molecule is Cc1ccc(S(=O)(=O)N2C=CC3=CC(c4ccccc4)(c4ccccc4)CC=CC3C2)cc1. The third-order valence-electron chi connectivity index (χ3n) is 6.66. The third kappa shape index (κ3) is 3.96. The number of benzene rings is 3. The second-order valence-corrected chi connectivity index (χ2v) is 10.7. The minimum atomic E-state index is -3.59. The van der Waals surface area contributed by atoms with Gasteiger partial charge >= 0.3 is 0 Å². The van der Waals surface area contributed by atoms with Crippen molar-refractivity contribution in [1.29, 1.82) is 0 Å². The van der Waals surface area contributed by atoms with Gasteiger partial charge in [-0.2, -0.15) is 0 Å². The van der Waals surface area contributed by atoms with E-state index >= 15 is 0 Å². The van der Waals surface area contributed by atoms with Crippen LogP contribution in [0, 0.1) is 12.8 Å². The first kappa shape index (κ1) is 21.5. The molecule has 1 aliphatic carbocycles. The van der Waals surface area contributed by atoms with E-state index in [1.807, 2.05) is 37.3 Å². The lowest BCUT2D eigenvalue weighted by molar-refractivity contribution is 0.461. The van der Waals surface area contributed by atoms with E-state index in [0.29, 0.717) is 11.4 Å². The molecule has 1 unspecified atom stereocenters. The number of hydrogen-bond donors (Lipinski definition) is 0. The normalized spacial score (nSPS) is 19.5. The van der Waals surface area contributed by atoms with Gasteiger partial charge in [0.2, 0.25) is 0 Å². The number of sulfonamides is 1. The Morgan fingerprint density at radius 2 is 1.45 bits per heavy atom. The predicted molar refractivity (Wildman–Crippen MR) is 133 cm³/mol. The van der Waals surface area contributed by atoms with Crippen molar-refractivity contribution in [3.05, 3.63) is 138 Å². The summed E-state index contributed by atoms with van der Waals surface area (Å²) in [7, 11) is -3.59. The highest BCUT2D eigenvalue weighted by Gasteiger charge is 2.36. The summed E-state index contributed by atoms with van der Waals surface area (Å²) < 4.78 is 28.0. The van der Waals surface area contributed by atoms with E-state index in [1.165, 1.54) is 15.4 Å². The molecule has 0 saturated carbocycles. The molecule has 3 nitrogen and oxygen atoms in total. The van der Waals surface area contributed by atoms with Gasteiger partial charge in [0.05, 0.1) is 4.90 Å². The first-order chi connectivity index (χ1) is 16.0. The van der Waals surface area contributed by atoms with Gasteiger partial charge in [0.1, 0.15) is 0 Å². The minimum Gasteiger partial charge on any atom is -0.272 e. The number of hydrogen-bond acceptors (Lipinski definition) is 2. The van der Waals surface area contributed by atoms with Crippen LogP contribution in [0.15, 0.2) is 126 Å². The Hall–Kier alpha value is -3.37. The fourth-order valence-electron chi connectivity index (χ4n) is 4.81. The topological polar surface area (TPSA) is 37.4 Å². The highest BCUT2D eigenvalue weighted by molar-refractivity contribution is 7.89. The van der Waals surface area contributed by atoms with Gasteiger partial charge in [-0.3, -0.25) is 4.31 Å². The van der Waals surface area contributed by atoms with Crippen molar-refractivity contribution in [2.75, 3.05) is 6.54 Å². The van der Waals surface area contributed by atoms with Crippen LogP contribution >= 0.6 is 0 Å². The lowest BCUT2D eigenvalue weighted by atomic mass is 9.71. The van der Waals surface area contributed by atoms with Crippen LogP contribution in [0.25, 0.3) is 0 Å². The summed E-state index contributed by atoms with van der Waals surface area (Å²) in [5, 5.41) is 0. The van der Waals surface area contributed by atoms with Gasteiger partial charge in [-0.25, -0.2) is 8.42 Å². The van der Waals surface area contributed by atoms with Crippen molar-refractivity contribution >= 4 is 10.0 Å². The van der Waals surface area contributed by atoms with E-state index in [0.717, 1.165) is 17.6 Å². The van der Waals surface area contributed by atoms with Crippen molar-refractivity contribution in [2.24, 2.45) is 5.92 Å². The Labute approximate surface area is 196 Å². The van der Waals surface area contributed by atoms with E-state index < -0.39 is 10.0 Å². The molecule has 4 heteroatoms. The summed E-state index contributed by atoms with van der Waals surface area (Å²) in [5.74, 6) is 0.00419. The zero-order chi connectivity index (χ0) is 22.9. The van der Waals surface area contributed by atoms with E-state index in [-0.39, 0.29) is 11.3 Å². The second kappa shape index (κ2) is 8.53. The molecule has 1 aliphatic heterocycles. The van der Waals surface area contributed by atoms with Crippen molar-refractivity contribution in [1.82, 2.24) is 4.31 Å². The smallest absolute Gasteiger partial charge is 0.263 e. The highest BCUT2D eigenvalue weighted by atomic mass is 32.2. The zero-order valence-corrected chi connectivity index (χ0v) is 19.4. The molecule has 1 heterocycles. The standard InChI is InChI=1S/C29H27NO2S/c1-23-14-16-28(17-15-23)33(31,32)30-20-18-24-21-29(19-8-9-25(24)22-30,26-10-4-2-5-11-26)27-12-6-3-7-13-27/h2-18,20-21,25H,19,22H2,1H3. The maximum absolute atomic E-state index is 13.3. The molecule has 0 saturated heterocycles. The van der Waals surface area contributed by atoms with Crippen LogP contribution in [0.1, 0.15) is 23.1 Å². The summed E-state index contributed by atoms with van der Waals surface area (Å²) in [6.45, 7) is 2.35. The van der Waals surface area contributed by atoms with Crippen LogP contribution in [0.2, 0.25) is 0 Å². The number of allylic oxidation sites excluding steroid dienone is 3. The monoisotopic (exact) mass is 453 g/mol. The maximum Gasteiger partial charge on any atom is 0.263 e. The Bertz CT molecular complexity index is 1280. The molecule has 0 radical (unpaired) electrons. The van der Waals surface area contributed by atoms with Crippen LogP contribution in [-0.2, 0) is 15.4 Å². The summed E-state index contributed by atoms with van der Waals surface area (Å²) in [5.41, 5.74) is 4.35. The van der Waals surface area contributed by atoms with Gasteiger partial charge in [0.25, 0.3) is 10.0 Å². The molecule has 0 spiro atoms. The van der Waals surface area contributed by atoms with Crippen LogP contribution in [0.5, 0.6) is 0 Å². The van der Waals surface area contributed by atoms with Gasteiger partial charge < -0.3 is 0 Å². The summed E-state index contributed by atoms with van der Waals surface area (Å²) in [4.78, 5) is 0.325. The second-order valence-electron chi connectivity index (χ2n) is 8.79. The van der Waals surface area contributed by atoms with Gasteiger partial charge in [-0.1, -0.05) is 96.6 Å². The molecule has 1 atom stereocenters. The lowest BCUT2D eigenvalue weighted by Crippen LogP contribution is -2.34. The first-order valence-corrected chi connectivity index (χ1v) is 12.7. The average molecular weight is 454 g/mol. The average Bonchev–Trinajstić information content (AvgIpc) is 3.05. The Kier molecular flexibility index (Phi) is 5.55. The Morgan fingerprint density at radius 1 is 0.848 bits per heavy atom. The molecule has 0 N–H and O–H groups in total. The van der Waals surface area contributed by atoms with E-state index in [2.05, 4.69) is 66.8 Å². The predicted octanol–water partition coefficient (Wildman–Crippen LogP) is 6.00. The first-order valence-electron chi connectivity index (χ1n) is 11.3. The largest absolute Gasteiger partial charge is 0.272 e. The maximum atomic E-state index is 13.3. The van der Waals surface area contributed by atoms with Gasteiger partial charge in [-0.05, 0) is 48.3 Å². The molecule has 0 amide bonds. The molecule has 0 bridgehead atoms. The summed E-state index contributed by atoms with van der Waals surface area (Å²) >= 11 is 0. The third-order valence-corrected chi connectivity index (χ3v) is 8.42. The summed E-state index contributed by atoms with van der Waals surface area (Å²) in [6.07, 6.45) is 11.2. The molecule has 33 heavy (non-hydrogen) atoms.